The van der Waals surface area contributed by atoms with Gasteiger partial charge in [0.2, 0.25) is 23.5 Å². The van der Waals surface area contributed by atoms with Gasteiger partial charge in [-0.1, -0.05) is 90.1 Å². The fourth-order valence-corrected chi connectivity index (χ4v) is 7.38. The van der Waals surface area contributed by atoms with E-state index in [1.165, 1.54) is 23.5 Å². The minimum atomic E-state index is -1.06. The Labute approximate surface area is 306 Å². The molecule has 1 aromatic heterocycles. The second kappa shape index (κ2) is 19.2. The number of hydrogen-bond acceptors (Lipinski definition) is 8. The topological polar surface area (TPSA) is 180 Å². The quantitative estimate of drug-likeness (QED) is 0.190. The Balaban J connectivity index is 1.50. The number of amides is 5. The summed E-state index contributed by atoms with van der Waals surface area (Å²) in [6.07, 6.45) is 10.6. The predicted molar refractivity (Wildman–Crippen MR) is 195 cm³/mol. The summed E-state index contributed by atoms with van der Waals surface area (Å²) in [7, 11) is 0. The summed E-state index contributed by atoms with van der Waals surface area (Å²) in [5.41, 5.74) is 0.933. The van der Waals surface area contributed by atoms with E-state index in [2.05, 4.69) is 31.2 Å². The van der Waals surface area contributed by atoms with E-state index in [0.29, 0.717) is 25.8 Å². The summed E-state index contributed by atoms with van der Waals surface area (Å²) in [5.74, 6) is -4.07. The van der Waals surface area contributed by atoms with Crippen molar-refractivity contribution in [1.29, 1.82) is 0 Å². The summed E-state index contributed by atoms with van der Waals surface area (Å²) >= 11 is 0. The van der Waals surface area contributed by atoms with Gasteiger partial charge in [-0.15, -0.1) is 0 Å². The van der Waals surface area contributed by atoms with Crippen LogP contribution in [0, 0.1) is 17.8 Å². The van der Waals surface area contributed by atoms with Crippen molar-refractivity contribution in [1.82, 2.24) is 36.1 Å². The van der Waals surface area contributed by atoms with E-state index < -0.39 is 65.5 Å². The van der Waals surface area contributed by atoms with Gasteiger partial charge in [0.1, 0.15) is 23.8 Å². The molecule has 6 atom stereocenters. The van der Waals surface area contributed by atoms with Crippen LogP contribution in [0.25, 0.3) is 0 Å². The third-order valence-electron chi connectivity index (χ3n) is 10.4. The first-order chi connectivity index (χ1) is 25.0. The van der Waals surface area contributed by atoms with Crippen molar-refractivity contribution in [3.05, 3.63) is 60.2 Å². The number of likely N-dealkylation sites (tertiary alicyclic amines) is 1. The number of carbonyl (C=O) groups is 6. The zero-order valence-corrected chi connectivity index (χ0v) is 31.1. The minimum Gasteiger partial charge on any atom is -0.344 e. The molecule has 2 heterocycles. The van der Waals surface area contributed by atoms with Gasteiger partial charge in [-0.05, 0) is 55.9 Å². The van der Waals surface area contributed by atoms with E-state index in [1.54, 1.807) is 6.92 Å². The van der Waals surface area contributed by atoms with E-state index in [9.17, 15) is 28.8 Å². The molecule has 52 heavy (non-hydrogen) atoms. The largest absolute Gasteiger partial charge is 0.344 e. The molecule has 5 amide bonds. The van der Waals surface area contributed by atoms with Crippen LogP contribution in [0.15, 0.2) is 48.9 Å². The van der Waals surface area contributed by atoms with Crippen LogP contribution in [0.1, 0.15) is 114 Å². The molecule has 1 aromatic carbocycles. The number of aromatic nitrogens is 2. The van der Waals surface area contributed by atoms with Gasteiger partial charge in [0.05, 0.1) is 18.3 Å². The van der Waals surface area contributed by atoms with Gasteiger partial charge >= 0.3 is 0 Å². The molecule has 0 radical (unpaired) electrons. The van der Waals surface area contributed by atoms with Crippen molar-refractivity contribution >= 4 is 35.3 Å². The summed E-state index contributed by atoms with van der Waals surface area (Å²) in [5, 5.41) is 11.4. The Morgan fingerprint density at radius 2 is 1.58 bits per heavy atom. The van der Waals surface area contributed by atoms with E-state index in [0.717, 1.165) is 37.7 Å². The van der Waals surface area contributed by atoms with Crippen molar-refractivity contribution < 1.29 is 28.8 Å². The normalized spacial score (nSPS) is 19.9. The summed E-state index contributed by atoms with van der Waals surface area (Å²) < 4.78 is 0. The lowest BCUT2D eigenvalue weighted by Gasteiger charge is -2.35. The number of ketones is 1. The Morgan fingerprint density at radius 1 is 0.865 bits per heavy atom. The van der Waals surface area contributed by atoms with Crippen LogP contribution in [0.2, 0.25) is 0 Å². The highest BCUT2D eigenvalue weighted by Crippen LogP contribution is 2.30. The molecule has 282 valence electrons. The molecule has 2 aliphatic rings. The number of Topliss-reactive ketones (excluding diaryl/α,β-unsaturated/α-hetero) is 1. The fraction of sp³-hybridized carbons (Fsp3) is 0.590. The Hall–Kier alpha value is -4.68. The second-order valence-electron chi connectivity index (χ2n) is 14.4. The first-order valence-corrected chi connectivity index (χ1v) is 18.8. The molecule has 13 nitrogen and oxygen atoms in total. The zero-order valence-electron chi connectivity index (χ0n) is 31.1. The van der Waals surface area contributed by atoms with Gasteiger partial charge in [0, 0.05) is 18.9 Å². The van der Waals surface area contributed by atoms with Crippen LogP contribution < -0.4 is 21.3 Å². The first kappa shape index (κ1) is 40.1. The SMILES string of the molecule is CCCC(NC(=O)[C@@H]1[C@@H](CC)CCN1C(=O)[C@@H](NC(=O)[C@@H](NC(=O)c1cnccn1)C1CCCCC1)C(C)C)C(=O)C(=O)N[C@@H](C)c1ccccc1. The van der Waals surface area contributed by atoms with Crippen molar-refractivity contribution in [3.8, 4) is 0 Å². The van der Waals surface area contributed by atoms with Crippen molar-refractivity contribution in [2.75, 3.05) is 6.54 Å². The van der Waals surface area contributed by atoms with Gasteiger partial charge in [-0.25, -0.2) is 4.98 Å². The lowest BCUT2D eigenvalue weighted by Crippen LogP contribution is -2.60. The zero-order chi connectivity index (χ0) is 37.8. The molecular formula is C39H55N7O6. The van der Waals surface area contributed by atoms with Crippen LogP contribution in [-0.2, 0) is 24.0 Å². The molecular weight excluding hydrogens is 662 g/mol. The van der Waals surface area contributed by atoms with E-state index in [-0.39, 0.29) is 29.9 Å². The number of rotatable bonds is 16. The average Bonchev–Trinajstić information content (AvgIpc) is 3.60. The molecule has 1 aliphatic heterocycles. The molecule has 1 aliphatic carbocycles. The molecule has 1 unspecified atom stereocenters. The monoisotopic (exact) mass is 717 g/mol. The summed E-state index contributed by atoms with van der Waals surface area (Å²) in [6, 6.07) is 5.05. The fourth-order valence-electron chi connectivity index (χ4n) is 7.38. The molecule has 0 spiro atoms. The van der Waals surface area contributed by atoms with Gasteiger partial charge in [0.15, 0.2) is 0 Å². The average molecular weight is 718 g/mol. The van der Waals surface area contributed by atoms with Gasteiger partial charge in [-0.3, -0.25) is 33.8 Å². The van der Waals surface area contributed by atoms with Gasteiger partial charge in [-0.2, -0.15) is 0 Å². The van der Waals surface area contributed by atoms with Gasteiger partial charge in [0.25, 0.3) is 11.8 Å². The Morgan fingerprint density at radius 3 is 2.19 bits per heavy atom. The lowest BCUT2D eigenvalue weighted by molar-refractivity contribution is -0.145. The Bertz CT molecular complexity index is 1530. The van der Waals surface area contributed by atoms with Crippen LogP contribution >= 0.6 is 0 Å². The predicted octanol–water partition coefficient (Wildman–Crippen LogP) is 3.65. The van der Waals surface area contributed by atoms with E-state index >= 15 is 0 Å². The van der Waals surface area contributed by atoms with Crippen molar-refractivity contribution in [2.24, 2.45) is 17.8 Å². The summed E-state index contributed by atoms with van der Waals surface area (Å²) in [6.45, 7) is 9.54. The third kappa shape index (κ3) is 10.2. The highest BCUT2D eigenvalue weighted by atomic mass is 16.2. The highest BCUT2D eigenvalue weighted by molar-refractivity contribution is 6.38. The number of hydrogen-bond donors (Lipinski definition) is 4. The number of nitrogens with one attached hydrogen (secondary N) is 4. The molecule has 1 saturated carbocycles. The second-order valence-corrected chi connectivity index (χ2v) is 14.4. The molecule has 0 bridgehead atoms. The van der Waals surface area contributed by atoms with Crippen molar-refractivity contribution in [3.63, 3.8) is 0 Å². The minimum absolute atomic E-state index is 0.0900. The van der Waals surface area contributed by atoms with E-state index in [1.807, 2.05) is 58.0 Å². The molecule has 1 saturated heterocycles. The van der Waals surface area contributed by atoms with Crippen molar-refractivity contribution in [2.45, 2.75) is 123 Å². The third-order valence-corrected chi connectivity index (χ3v) is 10.4. The van der Waals surface area contributed by atoms with E-state index in [4.69, 9.17) is 0 Å². The molecule has 13 heteroatoms. The Kier molecular flexibility index (Phi) is 14.8. The number of carbonyl (C=O) groups excluding carboxylic acids is 6. The maximum atomic E-state index is 14.3. The van der Waals surface area contributed by atoms with Crippen LogP contribution in [0.3, 0.4) is 0 Å². The number of benzene rings is 1. The summed E-state index contributed by atoms with van der Waals surface area (Å²) in [4.78, 5) is 91.6. The van der Waals surface area contributed by atoms with Crippen LogP contribution in [0.5, 0.6) is 0 Å². The first-order valence-electron chi connectivity index (χ1n) is 18.8. The van der Waals surface area contributed by atoms with Gasteiger partial charge < -0.3 is 26.2 Å². The van der Waals surface area contributed by atoms with Crippen LogP contribution in [0.4, 0.5) is 0 Å². The standard InChI is InChI=1S/C39H55N7O6/c1-6-14-29(34(47)38(51)42-25(5)27-15-10-8-11-16-27)43-37(50)33-26(7-2)19-22-46(33)39(52)31(24(3)4)44-36(49)32(28-17-12-9-13-18-28)45-35(48)30-23-40-20-21-41-30/h8,10-11,15-16,20-21,23-26,28-29,31-33H,6-7,9,12-14,17-19,22H2,1-5H3,(H,42,51)(H,43,50)(H,44,49)(H,45,48)/t25-,26-,29?,31-,32-,33-/m0/s1. The molecule has 4 N–H and O–H groups in total. The molecule has 2 aromatic rings. The maximum absolute atomic E-state index is 14.3. The number of nitrogens with zero attached hydrogens (tertiary/aromatic N) is 3. The molecule has 4 rings (SSSR count). The lowest BCUT2D eigenvalue weighted by atomic mass is 9.83. The van der Waals surface area contributed by atoms with Crippen LogP contribution in [-0.4, -0.2) is 80.9 Å². The maximum Gasteiger partial charge on any atom is 0.290 e. The smallest absolute Gasteiger partial charge is 0.290 e. The molecule has 2 fully saturated rings. The highest BCUT2D eigenvalue weighted by Gasteiger charge is 2.45.